The fourth-order valence-electron chi connectivity index (χ4n) is 2.08. The summed E-state index contributed by atoms with van der Waals surface area (Å²) >= 11 is 0. The van der Waals surface area contributed by atoms with Crippen LogP contribution >= 0.6 is 0 Å². The van der Waals surface area contributed by atoms with Gasteiger partial charge in [-0.1, -0.05) is 19.4 Å². The van der Waals surface area contributed by atoms with Crippen LogP contribution in [0.25, 0.3) is 0 Å². The van der Waals surface area contributed by atoms with Gasteiger partial charge in [0.05, 0.1) is 6.42 Å². The van der Waals surface area contributed by atoms with Gasteiger partial charge in [-0.25, -0.2) is 0 Å². The summed E-state index contributed by atoms with van der Waals surface area (Å²) < 4.78 is 0. The monoisotopic (exact) mass is 298 g/mol. The summed E-state index contributed by atoms with van der Waals surface area (Å²) in [5.41, 5.74) is 0.934. The van der Waals surface area contributed by atoms with Crippen LogP contribution in [0.3, 0.4) is 0 Å². The van der Waals surface area contributed by atoms with Gasteiger partial charge in [0, 0.05) is 19.2 Å². The van der Waals surface area contributed by atoms with E-state index < -0.39 is 5.97 Å². The Morgan fingerprint density at radius 2 is 1.57 bits per heavy atom. The second-order valence-electron chi connectivity index (χ2n) is 5.42. The van der Waals surface area contributed by atoms with E-state index in [9.17, 15) is 9.59 Å². The molecule has 5 heteroatoms. The van der Waals surface area contributed by atoms with Crippen molar-refractivity contribution in [2.24, 2.45) is 0 Å². The van der Waals surface area contributed by atoms with Crippen LogP contribution in [-0.4, -0.2) is 59.5 Å². The molecule has 122 valence electrons. The second kappa shape index (κ2) is 11.3. The van der Waals surface area contributed by atoms with Gasteiger partial charge in [-0.15, -0.1) is 0 Å². The van der Waals surface area contributed by atoms with Crippen LogP contribution in [0.4, 0.5) is 0 Å². The van der Waals surface area contributed by atoms with E-state index in [0.717, 1.165) is 38.0 Å². The van der Waals surface area contributed by atoms with E-state index in [1.54, 1.807) is 11.0 Å². The van der Waals surface area contributed by atoms with Crippen molar-refractivity contribution in [2.45, 2.75) is 47.0 Å². The summed E-state index contributed by atoms with van der Waals surface area (Å²) in [6, 6.07) is 0. The Hall–Kier alpha value is -1.36. The summed E-state index contributed by atoms with van der Waals surface area (Å²) in [6.07, 6.45) is 3.50. The SMILES string of the molecule is CCN(CC)CCCCN(CCC(=O)O)C(=O)C=C(C)C. The van der Waals surface area contributed by atoms with Gasteiger partial charge in [-0.2, -0.15) is 0 Å². The number of carboxylic acids is 1. The van der Waals surface area contributed by atoms with Gasteiger partial charge < -0.3 is 14.9 Å². The van der Waals surface area contributed by atoms with Crippen LogP contribution in [0, 0.1) is 0 Å². The molecule has 0 saturated carbocycles. The lowest BCUT2D eigenvalue weighted by molar-refractivity contribution is -0.138. The van der Waals surface area contributed by atoms with Crippen molar-refractivity contribution in [2.75, 3.05) is 32.7 Å². The van der Waals surface area contributed by atoms with Gasteiger partial charge in [-0.3, -0.25) is 9.59 Å². The molecule has 0 aromatic heterocycles. The van der Waals surface area contributed by atoms with Gasteiger partial charge in [0.25, 0.3) is 0 Å². The predicted molar refractivity (Wildman–Crippen MR) is 85.3 cm³/mol. The highest BCUT2D eigenvalue weighted by Gasteiger charge is 2.12. The van der Waals surface area contributed by atoms with Crippen molar-refractivity contribution in [3.8, 4) is 0 Å². The molecule has 0 radical (unpaired) electrons. The quantitative estimate of drug-likeness (QED) is 0.470. The minimum absolute atomic E-state index is 0.00160. The summed E-state index contributed by atoms with van der Waals surface area (Å²) in [5, 5.41) is 8.77. The number of unbranched alkanes of at least 4 members (excludes halogenated alkanes) is 1. The Balaban J connectivity index is 4.30. The molecule has 0 heterocycles. The van der Waals surface area contributed by atoms with Gasteiger partial charge in [0.2, 0.25) is 5.91 Å². The molecular weight excluding hydrogens is 268 g/mol. The number of amides is 1. The summed E-state index contributed by atoms with van der Waals surface area (Å²) in [5.74, 6) is -0.952. The molecule has 21 heavy (non-hydrogen) atoms. The molecule has 0 fully saturated rings. The maximum atomic E-state index is 12.1. The molecule has 1 N–H and O–H groups in total. The number of carboxylic acid groups (broad SMARTS) is 1. The highest BCUT2D eigenvalue weighted by Crippen LogP contribution is 2.03. The van der Waals surface area contributed by atoms with E-state index >= 15 is 0 Å². The molecule has 0 atom stereocenters. The number of carbonyl (C=O) groups is 2. The van der Waals surface area contributed by atoms with E-state index in [-0.39, 0.29) is 18.9 Å². The maximum absolute atomic E-state index is 12.1. The lowest BCUT2D eigenvalue weighted by Gasteiger charge is -2.22. The van der Waals surface area contributed by atoms with Crippen molar-refractivity contribution >= 4 is 11.9 Å². The Bertz CT molecular complexity index is 345. The average molecular weight is 298 g/mol. The van der Waals surface area contributed by atoms with Gasteiger partial charge in [-0.05, 0) is 46.3 Å². The molecule has 5 nitrogen and oxygen atoms in total. The van der Waals surface area contributed by atoms with E-state index in [2.05, 4.69) is 18.7 Å². The normalized spacial score (nSPS) is 10.5. The molecule has 0 aliphatic heterocycles. The first-order valence-corrected chi connectivity index (χ1v) is 7.78. The van der Waals surface area contributed by atoms with Crippen LogP contribution in [0.1, 0.15) is 47.0 Å². The zero-order chi connectivity index (χ0) is 16.3. The first-order valence-electron chi connectivity index (χ1n) is 7.78. The molecule has 0 unspecified atom stereocenters. The molecule has 0 aromatic carbocycles. The van der Waals surface area contributed by atoms with Crippen molar-refractivity contribution in [1.29, 1.82) is 0 Å². The standard InChI is InChI=1S/C16H30N2O3/c1-5-17(6-2)10-7-8-11-18(12-9-16(20)21)15(19)13-14(3)4/h13H,5-12H2,1-4H3,(H,20,21). The zero-order valence-corrected chi connectivity index (χ0v) is 13.9. The van der Waals surface area contributed by atoms with Crippen LogP contribution in [0.5, 0.6) is 0 Å². The third kappa shape index (κ3) is 10.1. The minimum Gasteiger partial charge on any atom is -0.481 e. The van der Waals surface area contributed by atoms with Crippen LogP contribution < -0.4 is 0 Å². The molecule has 0 spiro atoms. The van der Waals surface area contributed by atoms with Crippen molar-refractivity contribution < 1.29 is 14.7 Å². The summed E-state index contributed by atoms with van der Waals surface area (Å²) in [6.45, 7) is 12.0. The smallest absolute Gasteiger partial charge is 0.305 e. The lowest BCUT2D eigenvalue weighted by Crippen LogP contribution is -2.33. The van der Waals surface area contributed by atoms with Crippen LogP contribution in [0.15, 0.2) is 11.6 Å². The number of aliphatic carboxylic acids is 1. The molecule has 0 bridgehead atoms. The number of nitrogens with zero attached hydrogens (tertiary/aromatic N) is 2. The zero-order valence-electron chi connectivity index (χ0n) is 13.9. The average Bonchev–Trinajstić information content (AvgIpc) is 2.40. The maximum Gasteiger partial charge on any atom is 0.305 e. The fraction of sp³-hybridized carbons (Fsp3) is 0.750. The Morgan fingerprint density at radius 3 is 2.05 bits per heavy atom. The van der Waals surface area contributed by atoms with Crippen LogP contribution in [-0.2, 0) is 9.59 Å². The Morgan fingerprint density at radius 1 is 1.00 bits per heavy atom. The van der Waals surface area contributed by atoms with Gasteiger partial charge >= 0.3 is 5.97 Å². The number of allylic oxidation sites excluding steroid dienone is 1. The molecule has 1 amide bonds. The van der Waals surface area contributed by atoms with E-state index in [0.29, 0.717) is 6.54 Å². The van der Waals surface area contributed by atoms with Crippen molar-refractivity contribution in [3.63, 3.8) is 0 Å². The number of rotatable bonds is 11. The predicted octanol–water partition coefficient (Wildman–Crippen LogP) is 2.38. The number of hydrogen-bond donors (Lipinski definition) is 1. The highest BCUT2D eigenvalue weighted by atomic mass is 16.4. The molecular formula is C16H30N2O3. The van der Waals surface area contributed by atoms with E-state index in [1.165, 1.54) is 0 Å². The molecule has 0 saturated heterocycles. The van der Waals surface area contributed by atoms with Gasteiger partial charge in [0.1, 0.15) is 0 Å². The largest absolute Gasteiger partial charge is 0.481 e. The molecule has 0 aliphatic carbocycles. The lowest BCUT2D eigenvalue weighted by atomic mass is 10.2. The Kier molecular flexibility index (Phi) is 10.6. The summed E-state index contributed by atoms with van der Waals surface area (Å²) in [7, 11) is 0. The first kappa shape index (κ1) is 19.6. The fourth-order valence-corrected chi connectivity index (χ4v) is 2.08. The van der Waals surface area contributed by atoms with Crippen molar-refractivity contribution in [1.82, 2.24) is 9.80 Å². The number of hydrogen-bond acceptors (Lipinski definition) is 3. The van der Waals surface area contributed by atoms with E-state index in [1.807, 2.05) is 13.8 Å². The molecule has 0 aromatic rings. The highest BCUT2D eigenvalue weighted by molar-refractivity contribution is 5.88. The summed E-state index contributed by atoms with van der Waals surface area (Å²) in [4.78, 5) is 26.7. The Labute approximate surface area is 128 Å². The topological polar surface area (TPSA) is 60.9 Å². The van der Waals surface area contributed by atoms with E-state index in [4.69, 9.17) is 5.11 Å². The minimum atomic E-state index is -0.867. The number of carbonyl (C=O) groups excluding carboxylic acids is 1. The molecule has 0 aliphatic rings. The first-order chi connectivity index (χ1) is 9.90. The van der Waals surface area contributed by atoms with Gasteiger partial charge in [0.15, 0.2) is 0 Å². The second-order valence-corrected chi connectivity index (χ2v) is 5.42. The van der Waals surface area contributed by atoms with Crippen molar-refractivity contribution in [3.05, 3.63) is 11.6 Å². The third-order valence-corrected chi connectivity index (χ3v) is 3.37. The van der Waals surface area contributed by atoms with Crippen LogP contribution in [0.2, 0.25) is 0 Å². The molecule has 0 rings (SSSR count). The third-order valence-electron chi connectivity index (χ3n) is 3.37.